The highest BCUT2D eigenvalue weighted by Gasteiger charge is 2.35. The minimum atomic E-state index is -4.60. The highest BCUT2D eigenvalue weighted by Crippen LogP contribution is 2.35. The van der Waals surface area contributed by atoms with E-state index in [4.69, 9.17) is 16.7 Å². The Morgan fingerprint density at radius 3 is 2.74 bits per heavy atom. The smallest absolute Gasteiger partial charge is 0.393 e. The zero-order valence-corrected chi connectivity index (χ0v) is 21.2. The lowest BCUT2D eigenvalue weighted by atomic mass is 10.1. The number of pyridine rings is 1. The lowest BCUT2D eigenvalue weighted by molar-refractivity contribution is -0.137. The van der Waals surface area contributed by atoms with E-state index in [1.54, 1.807) is 6.07 Å². The summed E-state index contributed by atoms with van der Waals surface area (Å²) in [6.45, 7) is -0.288. The number of benzene rings is 1. The summed E-state index contributed by atoms with van der Waals surface area (Å²) >= 11 is 5.67. The fourth-order valence-electron chi connectivity index (χ4n) is 4.29. The van der Waals surface area contributed by atoms with Gasteiger partial charge in [-0.2, -0.15) is 26.7 Å². The van der Waals surface area contributed by atoms with Gasteiger partial charge in [-0.15, -0.1) is 0 Å². The van der Waals surface area contributed by atoms with Crippen LogP contribution in [0.3, 0.4) is 0 Å². The van der Waals surface area contributed by atoms with Gasteiger partial charge in [-0.05, 0) is 42.7 Å². The van der Waals surface area contributed by atoms with Crippen molar-refractivity contribution in [3.05, 3.63) is 76.3 Å². The van der Waals surface area contributed by atoms with Gasteiger partial charge in [-0.25, -0.2) is 5.14 Å². The van der Waals surface area contributed by atoms with Crippen molar-refractivity contribution < 1.29 is 35.7 Å². The first-order valence-electron chi connectivity index (χ1n) is 11.3. The van der Waals surface area contributed by atoms with Crippen LogP contribution in [0.5, 0.6) is 0 Å². The first-order valence-corrected chi connectivity index (χ1v) is 13.1. The average Bonchev–Trinajstić information content (AvgIpc) is 3.44. The second-order valence-electron chi connectivity index (χ2n) is 8.88. The molecular weight excluding hydrogens is 551 g/mol. The van der Waals surface area contributed by atoms with Gasteiger partial charge in [0, 0.05) is 36.2 Å². The summed E-state index contributed by atoms with van der Waals surface area (Å²) < 4.78 is 67.5. The number of hydrogen-bond donors (Lipinski definition) is 3. The molecule has 15 heteroatoms. The van der Waals surface area contributed by atoms with Gasteiger partial charge in [0.1, 0.15) is 5.69 Å². The first-order chi connectivity index (χ1) is 17.8. The number of aromatic nitrogens is 3. The van der Waals surface area contributed by atoms with Crippen molar-refractivity contribution >= 4 is 33.4 Å². The predicted molar refractivity (Wildman–Crippen MR) is 131 cm³/mol. The van der Waals surface area contributed by atoms with Gasteiger partial charge in [0.15, 0.2) is 0 Å². The maximum atomic E-state index is 13.2. The molecule has 1 fully saturated rings. The van der Waals surface area contributed by atoms with Gasteiger partial charge >= 0.3 is 16.5 Å². The average molecular weight is 574 g/mol. The number of rotatable bonds is 9. The number of nitrogens with zero attached hydrogens (tertiary/aromatic N) is 3. The number of aliphatic hydroxyl groups is 1. The molecule has 0 saturated heterocycles. The van der Waals surface area contributed by atoms with E-state index in [0.717, 1.165) is 12.1 Å². The van der Waals surface area contributed by atoms with E-state index in [-0.39, 0.29) is 36.9 Å². The number of carbonyl (C=O) groups excluding carboxylic acids is 1. The van der Waals surface area contributed by atoms with Crippen LogP contribution in [0, 0.1) is 5.92 Å². The van der Waals surface area contributed by atoms with E-state index in [0.29, 0.717) is 17.7 Å². The molecule has 0 amide bonds. The normalized spacial score (nSPS) is 20.0. The Morgan fingerprint density at radius 2 is 2.03 bits per heavy atom. The lowest BCUT2D eigenvalue weighted by Crippen LogP contribution is -2.24. The van der Waals surface area contributed by atoms with E-state index in [2.05, 4.69) is 19.6 Å². The molecule has 0 aliphatic heterocycles. The Balaban J connectivity index is 1.46. The molecule has 0 bridgehead atoms. The van der Waals surface area contributed by atoms with E-state index >= 15 is 0 Å². The van der Waals surface area contributed by atoms with Crippen LogP contribution in [0.15, 0.2) is 48.9 Å². The molecule has 2 aromatic heterocycles. The van der Waals surface area contributed by atoms with Gasteiger partial charge < -0.3 is 10.4 Å². The third-order valence-electron chi connectivity index (χ3n) is 6.08. The summed E-state index contributed by atoms with van der Waals surface area (Å²) in [6.07, 6.45) is -0.493. The number of aliphatic hydroxyl groups excluding tert-OH is 1. The number of anilines is 1. The summed E-state index contributed by atoms with van der Waals surface area (Å²) in [4.78, 5) is 17.2. The Kier molecular flexibility index (Phi) is 8.09. The van der Waals surface area contributed by atoms with Crippen LogP contribution in [0.1, 0.15) is 40.0 Å². The van der Waals surface area contributed by atoms with Crippen molar-refractivity contribution in [1.29, 1.82) is 0 Å². The van der Waals surface area contributed by atoms with Crippen molar-refractivity contribution in [3.63, 3.8) is 0 Å². The topological polar surface area (TPSA) is 149 Å². The van der Waals surface area contributed by atoms with Crippen LogP contribution in [0.25, 0.3) is 0 Å². The number of ketones is 1. The van der Waals surface area contributed by atoms with Crippen molar-refractivity contribution in [2.75, 3.05) is 11.9 Å². The van der Waals surface area contributed by atoms with E-state index in [1.165, 1.54) is 35.4 Å². The second-order valence-corrected chi connectivity index (χ2v) is 10.5. The summed E-state index contributed by atoms with van der Waals surface area (Å²) in [6, 6.07) is 6.27. The third-order valence-corrected chi connectivity index (χ3v) is 6.88. The molecule has 38 heavy (non-hydrogen) atoms. The van der Waals surface area contributed by atoms with Gasteiger partial charge in [0.25, 0.3) is 0 Å². The molecule has 2 heterocycles. The molecule has 1 aliphatic rings. The van der Waals surface area contributed by atoms with Crippen LogP contribution >= 0.6 is 11.6 Å². The van der Waals surface area contributed by atoms with E-state index in [9.17, 15) is 31.5 Å². The van der Waals surface area contributed by atoms with Crippen molar-refractivity contribution in [1.82, 2.24) is 14.8 Å². The fourth-order valence-corrected chi connectivity index (χ4v) is 4.88. The SMILES string of the molecule is NS(=O)(=O)OC[C@H]1C[C@@H](Nc2ccncc2C(=O)c2ccn(Cc3ccc(Cl)c(C(F)(F)F)c3)n2)C[C@@H]1O. The molecule has 204 valence electrons. The van der Waals surface area contributed by atoms with Crippen molar-refractivity contribution in [2.45, 2.75) is 37.7 Å². The predicted octanol–water partition coefficient (Wildman–Crippen LogP) is 3.00. The molecule has 1 aliphatic carbocycles. The molecule has 0 radical (unpaired) electrons. The third kappa shape index (κ3) is 6.88. The van der Waals surface area contributed by atoms with E-state index < -0.39 is 44.9 Å². The number of alkyl halides is 3. The number of hydrogen-bond acceptors (Lipinski definition) is 8. The Morgan fingerprint density at radius 1 is 1.26 bits per heavy atom. The quantitative estimate of drug-likeness (QED) is 0.331. The molecule has 3 aromatic rings. The van der Waals surface area contributed by atoms with Gasteiger partial charge in [0.05, 0.1) is 35.4 Å². The standard InChI is InChI=1S/C23H23ClF3N5O5S/c24-18-2-1-13(7-17(18)23(25,26)27)11-32-6-4-20(31-32)22(34)16-10-29-5-3-19(16)30-15-8-14(21(33)9-15)12-37-38(28,35)36/h1-7,10,14-15,21,33H,8-9,11-12H2,(H,29,30)(H2,28,35,36)/t14-,15-,21+/m1/s1. The lowest BCUT2D eigenvalue weighted by Gasteiger charge is -2.16. The molecule has 1 saturated carbocycles. The number of carbonyl (C=O) groups is 1. The van der Waals surface area contributed by atoms with E-state index in [1.807, 2.05) is 0 Å². The molecule has 0 spiro atoms. The number of halogens is 4. The maximum Gasteiger partial charge on any atom is 0.417 e. The summed E-state index contributed by atoms with van der Waals surface area (Å²) in [5.41, 5.74) is 0.0200. The molecule has 0 unspecified atom stereocenters. The molecular formula is C23H23ClF3N5O5S. The van der Waals surface area contributed by atoms with Gasteiger partial charge in [0.2, 0.25) is 5.78 Å². The number of nitrogens with two attached hydrogens (primary N) is 1. The Bertz CT molecular complexity index is 1430. The molecule has 1 aromatic carbocycles. The van der Waals surface area contributed by atoms with Crippen LogP contribution in [0.4, 0.5) is 18.9 Å². The van der Waals surface area contributed by atoms with Crippen molar-refractivity contribution in [2.24, 2.45) is 11.1 Å². The van der Waals surface area contributed by atoms with Crippen LogP contribution in [0.2, 0.25) is 5.02 Å². The Labute approximate surface area is 220 Å². The monoisotopic (exact) mass is 573 g/mol. The van der Waals surface area contributed by atoms with Gasteiger partial charge in [-0.1, -0.05) is 17.7 Å². The molecule has 3 atom stereocenters. The summed E-state index contributed by atoms with van der Waals surface area (Å²) in [5.74, 6) is -0.952. The maximum absolute atomic E-state index is 13.2. The summed E-state index contributed by atoms with van der Waals surface area (Å²) in [7, 11) is -4.14. The highest BCUT2D eigenvalue weighted by molar-refractivity contribution is 7.84. The molecule has 4 rings (SSSR count). The minimum Gasteiger partial charge on any atom is -0.393 e. The zero-order valence-electron chi connectivity index (χ0n) is 19.6. The molecule has 10 nitrogen and oxygen atoms in total. The molecule has 4 N–H and O–H groups in total. The largest absolute Gasteiger partial charge is 0.417 e. The van der Waals surface area contributed by atoms with Crippen LogP contribution < -0.4 is 10.5 Å². The van der Waals surface area contributed by atoms with Crippen LogP contribution in [-0.4, -0.2) is 52.8 Å². The summed E-state index contributed by atoms with van der Waals surface area (Å²) in [5, 5.41) is 22.1. The van der Waals surface area contributed by atoms with Crippen LogP contribution in [-0.2, 0) is 27.2 Å². The second kappa shape index (κ2) is 11.0. The zero-order chi connectivity index (χ0) is 27.7. The van der Waals surface area contributed by atoms with Gasteiger partial charge in [-0.3, -0.25) is 18.6 Å². The van der Waals surface area contributed by atoms with Crippen molar-refractivity contribution in [3.8, 4) is 0 Å². The Hall–Kier alpha value is -3.04. The highest BCUT2D eigenvalue weighted by atomic mass is 35.5. The minimum absolute atomic E-state index is 0.0202. The number of nitrogens with one attached hydrogen (secondary N) is 1. The first kappa shape index (κ1) is 28.0. The fraction of sp³-hybridized carbons (Fsp3) is 0.348.